The third kappa shape index (κ3) is 3.02. The molecule has 0 saturated heterocycles. The van der Waals surface area contributed by atoms with Gasteiger partial charge in [-0.15, -0.1) is 0 Å². The molecule has 29 heavy (non-hydrogen) atoms. The second-order valence-electron chi connectivity index (χ2n) is 7.04. The average Bonchev–Trinajstić information content (AvgIpc) is 3.05. The fraction of sp³-hybridized carbons (Fsp3) is 0.0833. The number of cyclic esters (lactones) is 1. The average molecular weight is 402 g/mol. The minimum absolute atomic E-state index is 0.0949. The lowest BCUT2D eigenvalue weighted by atomic mass is 10.00. The molecule has 0 amide bonds. The van der Waals surface area contributed by atoms with E-state index in [0.717, 1.165) is 33.3 Å². The van der Waals surface area contributed by atoms with Gasteiger partial charge in [-0.3, -0.25) is 4.79 Å². The van der Waals surface area contributed by atoms with Crippen LogP contribution in [-0.4, -0.2) is 16.3 Å². The maximum atomic E-state index is 12.7. The standard InChI is InChI=1S/C24H16ClNO3/c25-18-9-6-16(7-10-18)17-8-11-20-19(12-17)22-21(14-29-24(28)23(22)27)26(20)13-15-4-2-1-3-5-15/h1-12H,13-14H2. The Labute approximate surface area is 172 Å². The van der Waals surface area contributed by atoms with Crippen LogP contribution in [0.3, 0.4) is 0 Å². The van der Waals surface area contributed by atoms with Crippen LogP contribution < -0.4 is 0 Å². The maximum absolute atomic E-state index is 12.7. The van der Waals surface area contributed by atoms with Gasteiger partial charge < -0.3 is 9.30 Å². The molecule has 4 nitrogen and oxygen atoms in total. The SMILES string of the molecule is O=C1OCc2c(c3cc(-c4ccc(Cl)cc4)ccc3n2Cc2ccccc2)C1=O. The van der Waals surface area contributed by atoms with E-state index in [0.29, 0.717) is 17.1 Å². The van der Waals surface area contributed by atoms with Crippen molar-refractivity contribution in [2.24, 2.45) is 0 Å². The summed E-state index contributed by atoms with van der Waals surface area (Å²) in [5.74, 6) is -1.38. The normalized spacial score (nSPS) is 13.4. The van der Waals surface area contributed by atoms with E-state index in [1.807, 2.05) is 72.8 Å². The number of fused-ring (bicyclic) bond motifs is 3. The molecule has 0 bridgehead atoms. The molecule has 0 spiro atoms. The fourth-order valence-electron chi connectivity index (χ4n) is 3.88. The molecule has 142 valence electrons. The number of esters is 1. The summed E-state index contributed by atoms with van der Waals surface area (Å²) in [5, 5.41) is 1.43. The van der Waals surface area contributed by atoms with Gasteiger partial charge in [-0.05, 0) is 41.0 Å². The van der Waals surface area contributed by atoms with Crippen LogP contribution in [0.1, 0.15) is 21.6 Å². The van der Waals surface area contributed by atoms with Gasteiger partial charge in [0.15, 0.2) is 0 Å². The molecule has 0 aliphatic carbocycles. The van der Waals surface area contributed by atoms with Gasteiger partial charge in [0, 0.05) is 22.5 Å². The minimum atomic E-state index is -0.798. The molecule has 4 aromatic rings. The maximum Gasteiger partial charge on any atom is 0.380 e. The van der Waals surface area contributed by atoms with Crippen molar-refractivity contribution in [2.45, 2.75) is 13.2 Å². The first-order chi connectivity index (χ1) is 14.1. The van der Waals surface area contributed by atoms with Crippen molar-refractivity contribution < 1.29 is 14.3 Å². The molecule has 2 heterocycles. The van der Waals surface area contributed by atoms with Gasteiger partial charge in [0.25, 0.3) is 5.78 Å². The topological polar surface area (TPSA) is 48.3 Å². The lowest BCUT2D eigenvalue weighted by molar-refractivity contribution is -0.140. The zero-order chi connectivity index (χ0) is 20.0. The number of hydrogen-bond donors (Lipinski definition) is 0. The van der Waals surface area contributed by atoms with Gasteiger partial charge in [-0.1, -0.05) is 60.1 Å². The Balaban J connectivity index is 1.72. The number of rotatable bonds is 3. The van der Waals surface area contributed by atoms with Gasteiger partial charge in [-0.2, -0.15) is 0 Å². The second kappa shape index (κ2) is 6.90. The molecule has 0 atom stereocenters. The third-order valence-electron chi connectivity index (χ3n) is 5.28. The van der Waals surface area contributed by atoms with E-state index in [2.05, 4.69) is 4.57 Å². The van der Waals surface area contributed by atoms with E-state index < -0.39 is 11.8 Å². The Morgan fingerprint density at radius 1 is 0.897 bits per heavy atom. The lowest BCUT2D eigenvalue weighted by Crippen LogP contribution is -2.25. The van der Waals surface area contributed by atoms with Crippen molar-refractivity contribution in [3.63, 3.8) is 0 Å². The number of ether oxygens (including phenoxy) is 1. The predicted molar refractivity (Wildman–Crippen MR) is 112 cm³/mol. The molecule has 5 rings (SSSR count). The largest absolute Gasteiger partial charge is 0.453 e. The zero-order valence-corrected chi connectivity index (χ0v) is 16.1. The first kappa shape index (κ1) is 17.7. The Morgan fingerprint density at radius 2 is 1.62 bits per heavy atom. The summed E-state index contributed by atoms with van der Waals surface area (Å²) in [5.41, 5.74) is 5.15. The molecule has 5 heteroatoms. The van der Waals surface area contributed by atoms with Crippen molar-refractivity contribution in [3.8, 4) is 11.1 Å². The lowest BCUT2D eigenvalue weighted by Gasteiger charge is -2.15. The van der Waals surface area contributed by atoms with E-state index in [1.54, 1.807) is 0 Å². The Hall–Kier alpha value is -3.37. The summed E-state index contributed by atoms with van der Waals surface area (Å²) in [6.45, 7) is 0.690. The smallest absolute Gasteiger partial charge is 0.380 e. The van der Waals surface area contributed by atoms with Gasteiger partial charge in [0.2, 0.25) is 0 Å². The Morgan fingerprint density at radius 3 is 2.38 bits per heavy atom. The van der Waals surface area contributed by atoms with Crippen LogP contribution in [0.4, 0.5) is 0 Å². The number of carbonyl (C=O) groups is 2. The molecule has 0 unspecified atom stereocenters. The quantitative estimate of drug-likeness (QED) is 0.348. The number of carbonyl (C=O) groups excluding carboxylic acids is 2. The summed E-state index contributed by atoms with van der Waals surface area (Å²) in [4.78, 5) is 24.6. The van der Waals surface area contributed by atoms with Crippen molar-refractivity contribution in [3.05, 3.63) is 94.6 Å². The molecule has 0 N–H and O–H groups in total. The van der Waals surface area contributed by atoms with Gasteiger partial charge in [-0.25, -0.2) is 4.79 Å². The molecule has 0 saturated carbocycles. The molecular weight excluding hydrogens is 386 g/mol. The highest BCUT2D eigenvalue weighted by molar-refractivity contribution is 6.44. The molecule has 1 aliphatic heterocycles. The Kier molecular flexibility index (Phi) is 4.22. The van der Waals surface area contributed by atoms with Crippen LogP contribution >= 0.6 is 11.6 Å². The predicted octanol–water partition coefficient (Wildman–Crippen LogP) is 5.25. The van der Waals surface area contributed by atoms with Crippen molar-refractivity contribution in [1.82, 2.24) is 4.57 Å². The zero-order valence-electron chi connectivity index (χ0n) is 15.4. The number of hydrogen-bond acceptors (Lipinski definition) is 3. The molecule has 1 aromatic heterocycles. The monoisotopic (exact) mass is 401 g/mol. The summed E-state index contributed by atoms with van der Waals surface area (Å²) in [6, 6.07) is 23.5. The molecule has 1 aliphatic rings. The van der Waals surface area contributed by atoms with Crippen LogP contribution in [0.5, 0.6) is 0 Å². The van der Waals surface area contributed by atoms with E-state index in [4.69, 9.17) is 16.3 Å². The Bertz CT molecular complexity index is 1260. The minimum Gasteiger partial charge on any atom is -0.453 e. The van der Waals surface area contributed by atoms with Crippen LogP contribution in [-0.2, 0) is 22.7 Å². The highest BCUT2D eigenvalue weighted by atomic mass is 35.5. The van der Waals surface area contributed by atoms with Crippen molar-refractivity contribution in [1.29, 1.82) is 0 Å². The summed E-state index contributed by atoms with van der Waals surface area (Å²) >= 11 is 6.01. The number of benzene rings is 3. The molecular formula is C24H16ClNO3. The number of aromatic nitrogens is 1. The molecule has 0 radical (unpaired) electrons. The summed E-state index contributed by atoms with van der Waals surface area (Å²) < 4.78 is 7.19. The fourth-order valence-corrected chi connectivity index (χ4v) is 4.01. The van der Waals surface area contributed by atoms with Crippen LogP contribution in [0.25, 0.3) is 22.0 Å². The van der Waals surface area contributed by atoms with E-state index in [9.17, 15) is 9.59 Å². The highest BCUT2D eigenvalue weighted by Gasteiger charge is 2.33. The van der Waals surface area contributed by atoms with Crippen LogP contribution in [0.2, 0.25) is 5.02 Å². The first-order valence-electron chi connectivity index (χ1n) is 9.28. The van der Waals surface area contributed by atoms with Crippen LogP contribution in [0.15, 0.2) is 72.8 Å². The number of Topliss-reactive ketones (excluding diaryl/α,β-unsaturated/α-hetero) is 1. The first-order valence-corrected chi connectivity index (χ1v) is 9.66. The van der Waals surface area contributed by atoms with Gasteiger partial charge >= 0.3 is 5.97 Å². The van der Waals surface area contributed by atoms with Gasteiger partial charge in [0.05, 0.1) is 11.3 Å². The molecule has 3 aromatic carbocycles. The number of nitrogens with zero attached hydrogens (tertiary/aromatic N) is 1. The number of halogens is 1. The highest BCUT2D eigenvalue weighted by Crippen LogP contribution is 2.34. The van der Waals surface area contributed by atoms with E-state index >= 15 is 0 Å². The second-order valence-corrected chi connectivity index (χ2v) is 7.47. The van der Waals surface area contributed by atoms with Crippen LogP contribution in [0, 0.1) is 0 Å². The summed E-state index contributed by atoms with van der Waals surface area (Å²) in [7, 11) is 0. The number of ketones is 1. The third-order valence-corrected chi connectivity index (χ3v) is 5.54. The summed E-state index contributed by atoms with van der Waals surface area (Å²) in [6.07, 6.45) is 0. The van der Waals surface area contributed by atoms with Gasteiger partial charge in [0.1, 0.15) is 6.61 Å². The van der Waals surface area contributed by atoms with Crippen molar-refractivity contribution in [2.75, 3.05) is 0 Å². The van der Waals surface area contributed by atoms with Crippen molar-refractivity contribution >= 4 is 34.3 Å². The molecule has 0 fully saturated rings. The van der Waals surface area contributed by atoms with E-state index in [-0.39, 0.29) is 6.61 Å². The van der Waals surface area contributed by atoms with E-state index in [1.165, 1.54) is 0 Å².